The molecule has 16 heavy (non-hydrogen) atoms. The Labute approximate surface area is 106 Å². The van der Waals surface area contributed by atoms with Gasteiger partial charge in [-0.15, -0.1) is 0 Å². The number of nitrogens with zero attached hydrogens (tertiary/aromatic N) is 4. The van der Waals surface area contributed by atoms with Gasteiger partial charge in [-0.05, 0) is 22.0 Å². The second-order valence-corrected chi connectivity index (χ2v) is 4.80. The molecular weight excluding hydrogens is 291 g/mol. The number of anilines is 1. The van der Waals surface area contributed by atoms with Crippen molar-refractivity contribution < 1.29 is 0 Å². The van der Waals surface area contributed by atoms with E-state index in [9.17, 15) is 0 Å². The van der Waals surface area contributed by atoms with Crippen LogP contribution in [0.4, 0.5) is 5.82 Å². The van der Waals surface area contributed by atoms with Crippen LogP contribution in [0.3, 0.4) is 0 Å². The van der Waals surface area contributed by atoms with E-state index in [0.717, 1.165) is 17.6 Å². The molecule has 1 saturated heterocycles. The van der Waals surface area contributed by atoms with Crippen LogP contribution >= 0.6 is 27.5 Å². The molecule has 2 aromatic heterocycles. The second-order valence-electron chi connectivity index (χ2n) is 3.53. The fourth-order valence-electron chi connectivity index (χ4n) is 1.52. The lowest BCUT2D eigenvalue weighted by molar-refractivity contribution is 0.748. The molecule has 2 aromatic rings. The molecule has 0 unspecified atom stereocenters. The van der Waals surface area contributed by atoms with E-state index in [2.05, 4.69) is 42.2 Å². The average molecular weight is 299 g/mol. The zero-order valence-corrected chi connectivity index (χ0v) is 10.5. The van der Waals surface area contributed by atoms with E-state index in [0.29, 0.717) is 22.1 Å². The van der Waals surface area contributed by atoms with Crippen LogP contribution in [0.15, 0.2) is 16.7 Å². The second kappa shape index (κ2) is 3.82. The minimum Gasteiger partial charge on any atom is -0.353 e. The topological polar surface area (TPSA) is 41.9 Å². The SMILES string of the molecule is Clc1nc2cc(Br)cnc2nc1N1C[CH]C1. The van der Waals surface area contributed by atoms with Crippen molar-refractivity contribution in [2.45, 2.75) is 0 Å². The standard InChI is InChI=1S/C10H7BrClN4/c11-6-4-7-9(13-5-6)15-10(8(12)14-7)16-2-1-3-16/h1,4-5H,2-3H2. The van der Waals surface area contributed by atoms with E-state index in [1.54, 1.807) is 6.20 Å². The molecular formula is C10H7BrClN4. The number of rotatable bonds is 1. The van der Waals surface area contributed by atoms with Crippen molar-refractivity contribution in [3.05, 3.63) is 28.3 Å². The quantitative estimate of drug-likeness (QED) is 0.811. The lowest BCUT2D eigenvalue weighted by Gasteiger charge is -2.31. The summed E-state index contributed by atoms with van der Waals surface area (Å²) < 4.78 is 0.871. The van der Waals surface area contributed by atoms with Gasteiger partial charge in [0.15, 0.2) is 16.6 Å². The largest absolute Gasteiger partial charge is 0.353 e. The van der Waals surface area contributed by atoms with Crippen molar-refractivity contribution in [2.24, 2.45) is 0 Å². The first-order valence-corrected chi connectivity index (χ1v) is 5.96. The van der Waals surface area contributed by atoms with Crippen molar-refractivity contribution in [2.75, 3.05) is 18.0 Å². The molecule has 4 nitrogen and oxygen atoms in total. The average Bonchev–Trinajstić information content (AvgIpc) is 2.16. The first-order chi connectivity index (χ1) is 7.74. The predicted molar refractivity (Wildman–Crippen MR) is 66.6 cm³/mol. The zero-order chi connectivity index (χ0) is 11.1. The van der Waals surface area contributed by atoms with Gasteiger partial charge in [-0.25, -0.2) is 15.0 Å². The Morgan fingerprint density at radius 2 is 2.12 bits per heavy atom. The highest BCUT2D eigenvalue weighted by Crippen LogP contribution is 2.27. The molecule has 0 amide bonds. The molecule has 0 spiro atoms. The molecule has 1 aliphatic heterocycles. The smallest absolute Gasteiger partial charge is 0.180 e. The van der Waals surface area contributed by atoms with Crippen molar-refractivity contribution in [1.29, 1.82) is 0 Å². The fraction of sp³-hybridized carbons (Fsp3) is 0.200. The van der Waals surface area contributed by atoms with Crippen LogP contribution in [0.5, 0.6) is 0 Å². The molecule has 81 valence electrons. The van der Waals surface area contributed by atoms with Gasteiger partial charge < -0.3 is 4.90 Å². The summed E-state index contributed by atoms with van der Waals surface area (Å²) in [5, 5.41) is 0.431. The molecule has 1 aliphatic rings. The van der Waals surface area contributed by atoms with Crippen LogP contribution in [0.1, 0.15) is 0 Å². The molecule has 0 aromatic carbocycles. The van der Waals surface area contributed by atoms with Gasteiger partial charge in [-0.1, -0.05) is 11.6 Å². The molecule has 0 saturated carbocycles. The number of pyridine rings is 1. The Hall–Kier alpha value is -0.940. The minimum atomic E-state index is 0.431. The van der Waals surface area contributed by atoms with E-state index in [1.165, 1.54) is 0 Å². The predicted octanol–water partition coefficient (Wildman–Crippen LogP) is 2.46. The summed E-state index contributed by atoms with van der Waals surface area (Å²) in [6, 6.07) is 1.85. The van der Waals surface area contributed by atoms with E-state index >= 15 is 0 Å². The van der Waals surface area contributed by atoms with Crippen molar-refractivity contribution in [3.63, 3.8) is 0 Å². The van der Waals surface area contributed by atoms with E-state index in [1.807, 2.05) is 6.07 Å². The molecule has 3 heterocycles. The minimum absolute atomic E-state index is 0.431. The number of halogens is 2. The van der Waals surface area contributed by atoms with E-state index < -0.39 is 0 Å². The maximum Gasteiger partial charge on any atom is 0.180 e. The fourth-order valence-corrected chi connectivity index (χ4v) is 2.10. The Balaban J connectivity index is 2.17. The summed E-state index contributed by atoms with van der Waals surface area (Å²) in [4.78, 5) is 15.0. The number of hydrogen-bond acceptors (Lipinski definition) is 4. The molecule has 3 rings (SSSR count). The third-order valence-electron chi connectivity index (χ3n) is 2.43. The summed E-state index contributed by atoms with van der Waals surface area (Å²) in [6.07, 6.45) is 3.86. The van der Waals surface area contributed by atoms with Crippen LogP contribution in [0, 0.1) is 6.42 Å². The van der Waals surface area contributed by atoms with Gasteiger partial charge in [-0.2, -0.15) is 0 Å². The summed E-state index contributed by atoms with van der Waals surface area (Å²) in [5.74, 6) is 0.714. The van der Waals surface area contributed by atoms with Crippen molar-refractivity contribution in [1.82, 2.24) is 15.0 Å². The maximum absolute atomic E-state index is 6.09. The van der Waals surface area contributed by atoms with Crippen LogP contribution in [0.25, 0.3) is 11.2 Å². The van der Waals surface area contributed by atoms with Crippen LogP contribution in [0.2, 0.25) is 5.15 Å². The molecule has 6 heteroatoms. The Kier molecular flexibility index (Phi) is 2.44. The summed E-state index contributed by atoms with van der Waals surface area (Å²) in [7, 11) is 0. The van der Waals surface area contributed by atoms with Gasteiger partial charge in [-0.3, -0.25) is 0 Å². The van der Waals surface area contributed by atoms with Gasteiger partial charge >= 0.3 is 0 Å². The van der Waals surface area contributed by atoms with E-state index in [-0.39, 0.29) is 0 Å². The summed E-state index contributed by atoms with van der Waals surface area (Å²) >= 11 is 9.43. The molecule has 1 fully saturated rings. The molecule has 0 N–H and O–H groups in total. The Morgan fingerprint density at radius 3 is 2.81 bits per heavy atom. The normalized spacial score (nSPS) is 15.2. The number of fused-ring (bicyclic) bond motifs is 1. The third-order valence-corrected chi connectivity index (χ3v) is 3.11. The third kappa shape index (κ3) is 1.64. The highest BCUT2D eigenvalue weighted by Gasteiger charge is 2.20. The first-order valence-electron chi connectivity index (χ1n) is 4.79. The number of aromatic nitrogens is 3. The van der Waals surface area contributed by atoms with Crippen LogP contribution in [-0.2, 0) is 0 Å². The van der Waals surface area contributed by atoms with Gasteiger partial charge in [0.25, 0.3) is 0 Å². The van der Waals surface area contributed by atoms with Gasteiger partial charge in [0, 0.05) is 30.2 Å². The highest BCUT2D eigenvalue weighted by atomic mass is 79.9. The van der Waals surface area contributed by atoms with Gasteiger partial charge in [0.1, 0.15) is 5.52 Å². The summed E-state index contributed by atoms with van der Waals surface area (Å²) in [5.41, 5.74) is 1.32. The Bertz CT molecular complexity index is 556. The first kappa shape index (κ1) is 10.2. The van der Waals surface area contributed by atoms with Gasteiger partial charge in [0.05, 0.1) is 0 Å². The molecule has 0 atom stereocenters. The van der Waals surface area contributed by atoms with Crippen molar-refractivity contribution in [3.8, 4) is 0 Å². The Morgan fingerprint density at radius 1 is 1.31 bits per heavy atom. The molecule has 0 aliphatic carbocycles. The monoisotopic (exact) mass is 297 g/mol. The lowest BCUT2D eigenvalue weighted by atomic mass is 10.2. The zero-order valence-electron chi connectivity index (χ0n) is 8.19. The van der Waals surface area contributed by atoms with Gasteiger partial charge in [0.2, 0.25) is 0 Å². The molecule has 1 radical (unpaired) electrons. The molecule has 0 bridgehead atoms. The summed E-state index contributed by atoms with van der Waals surface area (Å²) in [6.45, 7) is 1.74. The number of hydrogen-bond donors (Lipinski definition) is 0. The maximum atomic E-state index is 6.09. The van der Waals surface area contributed by atoms with Crippen LogP contribution in [-0.4, -0.2) is 28.0 Å². The van der Waals surface area contributed by atoms with Crippen molar-refractivity contribution >= 4 is 44.5 Å². The highest BCUT2D eigenvalue weighted by molar-refractivity contribution is 9.10. The lowest BCUT2D eigenvalue weighted by Crippen LogP contribution is -2.38. The van der Waals surface area contributed by atoms with Crippen LogP contribution < -0.4 is 4.90 Å². The van der Waals surface area contributed by atoms with E-state index in [4.69, 9.17) is 11.6 Å².